The van der Waals surface area contributed by atoms with Gasteiger partial charge in [0.05, 0.1) is 13.2 Å². The summed E-state index contributed by atoms with van der Waals surface area (Å²) in [6.45, 7) is 12.5. The van der Waals surface area contributed by atoms with Crippen LogP contribution in [0, 0.1) is 5.92 Å². The zero-order chi connectivity index (χ0) is 19.6. The van der Waals surface area contributed by atoms with Crippen molar-refractivity contribution in [2.24, 2.45) is 10.9 Å². The number of nitrogens with zero attached hydrogens (tertiary/aromatic N) is 3. The first-order valence-electron chi connectivity index (χ1n) is 10.8. The second-order valence-electron chi connectivity index (χ2n) is 8.12. The maximum atomic E-state index is 5.42. The van der Waals surface area contributed by atoms with Gasteiger partial charge in [-0.25, -0.2) is 0 Å². The van der Waals surface area contributed by atoms with Gasteiger partial charge < -0.3 is 15.4 Å². The number of benzene rings is 1. The van der Waals surface area contributed by atoms with Crippen LogP contribution in [0.4, 0.5) is 0 Å². The molecular formula is C22H38IN5O. The van der Waals surface area contributed by atoms with E-state index in [1.165, 1.54) is 37.1 Å². The zero-order valence-electron chi connectivity index (χ0n) is 18.0. The summed E-state index contributed by atoms with van der Waals surface area (Å²) in [5, 5.41) is 6.90. The summed E-state index contributed by atoms with van der Waals surface area (Å²) in [6, 6.07) is 8.98. The van der Waals surface area contributed by atoms with Gasteiger partial charge in [-0.2, -0.15) is 0 Å². The first-order valence-corrected chi connectivity index (χ1v) is 10.8. The molecule has 2 aliphatic heterocycles. The molecule has 29 heavy (non-hydrogen) atoms. The monoisotopic (exact) mass is 515 g/mol. The Morgan fingerprint density at radius 1 is 1.00 bits per heavy atom. The number of aliphatic imine (C=N–C) groups is 1. The van der Waals surface area contributed by atoms with Crippen molar-refractivity contribution in [3.8, 4) is 0 Å². The fourth-order valence-electron chi connectivity index (χ4n) is 3.93. The van der Waals surface area contributed by atoms with Crippen LogP contribution in [0.5, 0.6) is 0 Å². The third kappa shape index (κ3) is 8.78. The van der Waals surface area contributed by atoms with E-state index in [1.54, 1.807) is 0 Å². The molecule has 6 nitrogen and oxygen atoms in total. The first-order chi connectivity index (χ1) is 13.7. The van der Waals surface area contributed by atoms with Crippen LogP contribution < -0.4 is 10.6 Å². The maximum absolute atomic E-state index is 5.42. The Balaban J connectivity index is 0.00000300. The second kappa shape index (κ2) is 13.4. The summed E-state index contributed by atoms with van der Waals surface area (Å²) in [5.74, 6) is 1.44. The van der Waals surface area contributed by atoms with Crippen LogP contribution in [-0.4, -0.2) is 75.3 Å². The van der Waals surface area contributed by atoms with Gasteiger partial charge in [0, 0.05) is 46.3 Å². The average Bonchev–Trinajstić information content (AvgIpc) is 3.23. The summed E-state index contributed by atoms with van der Waals surface area (Å²) in [6.07, 6.45) is 2.69. The summed E-state index contributed by atoms with van der Waals surface area (Å²) < 4.78 is 5.42. The fraction of sp³-hybridized carbons (Fsp3) is 0.682. The molecule has 164 valence electrons. The van der Waals surface area contributed by atoms with Crippen LogP contribution >= 0.6 is 24.0 Å². The Kier molecular flexibility index (Phi) is 11.3. The molecule has 2 heterocycles. The van der Waals surface area contributed by atoms with Gasteiger partial charge in [-0.1, -0.05) is 31.2 Å². The average molecular weight is 515 g/mol. The molecule has 0 bridgehead atoms. The Morgan fingerprint density at radius 2 is 1.66 bits per heavy atom. The number of ether oxygens (including phenoxy) is 1. The van der Waals surface area contributed by atoms with E-state index < -0.39 is 0 Å². The van der Waals surface area contributed by atoms with E-state index in [2.05, 4.69) is 56.6 Å². The Labute approximate surface area is 193 Å². The van der Waals surface area contributed by atoms with Gasteiger partial charge in [0.25, 0.3) is 0 Å². The lowest BCUT2D eigenvalue weighted by atomic mass is 10.1. The van der Waals surface area contributed by atoms with Crippen molar-refractivity contribution in [1.29, 1.82) is 0 Å². The molecule has 1 aromatic carbocycles. The van der Waals surface area contributed by atoms with E-state index in [-0.39, 0.29) is 24.0 Å². The van der Waals surface area contributed by atoms with Crippen LogP contribution in [0.1, 0.15) is 30.9 Å². The van der Waals surface area contributed by atoms with Crippen LogP contribution in [0.15, 0.2) is 29.3 Å². The second-order valence-corrected chi connectivity index (χ2v) is 8.12. The van der Waals surface area contributed by atoms with Gasteiger partial charge in [0.2, 0.25) is 0 Å². The zero-order valence-corrected chi connectivity index (χ0v) is 20.4. The molecule has 7 heteroatoms. The van der Waals surface area contributed by atoms with Crippen molar-refractivity contribution in [3.63, 3.8) is 0 Å². The predicted octanol–water partition coefficient (Wildman–Crippen LogP) is 2.53. The van der Waals surface area contributed by atoms with E-state index in [0.717, 1.165) is 58.4 Å². The van der Waals surface area contributed by atoms with Crippen LogP contribution in [-0.2, 0) is 17.8 Å². The summed E-state index contributed by atoms with van der Waals surface area (Å²) in [4.78, 5) is 9.38. The van der Waals surface area contributed by atoms with E-state index in [4.69, 9.17) is 4.74 Å². The van der Waals surface area contributed by atoms with Crippen molar-refractivity contribution in [2.45, 2.75) is 32.9 Å². The minimum atomic E-state index is 0. The van der Waals surface area contributed by atoms with Gasteiger partial charge >= 0.3 is 0 Å². The van der Waals surface area contributed by atoms with Crippen molar-refractivity contribution in [2.75, 3.05) is 59.5 Å². The van der Waals surface area contributed by atoms with Gasteiger partial charge in [0.1, 0.15) is 0 Å². The lowest BCUT2D eigenvalue weighted by Crippen LogP contribution is -2.43. The van der Waals surface area contributed by atoms with E-state index in [1.807, 2.05) is 7.05 Å². The number of hydrogen-bond acceptors (Lipinski definition) is 4. The van der Waals surface area contributed by atoms with Crippen LogP contribution in [0.25, 0.3) is 0 Å². The highest BCUT2D eigenvalue weighted by Gasteiger charge is 2.14. The van der Waals surface area contributed by atoms with Crippen molar-refractivity contribution >= 4 is 29.9 Å². The lowest BCUT2D eigenvalue weighted by Gasteiger charge is -2.29. The minimum Gasteiger partial charge on any atom is -0.379 e. The number of morpholine rings is 1. The SMILES string of the molecule is CN=C(NCc1ccc(CN2CCCC2)cc1)NCC(C)CN1CCOCC1.I. The molecule has 0 aliphatic carbocycles. The Morgan fingerprint density at radius 3 is 2.31 bits per heavy atom. The van der Waals surface area contributed by atoms with Crippen molar-refractivity contribution < 1.29 is 4.74 Å². The van der Waals surface area contributed by atoms with Crippen molar-refractivity contribution in [3.05, 3.63) is 35.4 Å². The normalized spacial score (nSPS) is 19.6. The van der Waals surface area contributed by atoms with Gasteiger partial charge in [0.15, 0.2) is 5.96 Å². The number of rotatable bonds is 8. The standard InChI is InChI=1S/C22H37N5O.HI/c1-19(17-27-11-13-28-14-12-27)15-24-22(23-2)25-16-20-5-7-21(8-6-20)18-26-9-3-4-10-26;/h5-8,19H,3-4,9-18H2,1-2H3,(H2,23,24,25);1H. The summed E-state index contributed by atoms with van der Waals surface area (Å²) in [7, 11) is 1.83. The molecule has 0 radical (unpaired) electrons. The molecule has 3 rings (SSSR count). The highest BCUT2D eigenvalue weighted by atomic mass is 127. The summed E-state index contributed by atoms with van der Waals surface area (Å²) in [5.41, 5.74) is 2.69. The third-order valence-electron chi connectivity index (χ3n) is 5.60. The lowest BCUT2D eigenvalue weighted by molar-refractivity contribution is 0.0320. The smallest absolute Gasteiger partial charge is 0.191 e. The molecule has 0 saturated carbocycles. The highest BCUT2D eigenvalue weighted by molar-refractivity contribution is 14.0. The van der Waals surface area contributed by atoms with Gasteiger partial charge in [-0.05, 0) is 43.0 Å². The Hall–Kier alpha value is -0.900. The molecule has 2 saturated heterocycles. The van der Waals surface area contributed by atoms with Gasteiger partial charge in [-0.3, -0.25) is 14.8 Å². The van der Waals surface area contributed by atoms with E-state index >= 15 is 0 Å². The number of halogens is 1. The number of likely N-dealkylation sites (tertiary alicyclic amines) is 1. The number of guanidine groups is 1. The Bertz CT molecular complexity index is 598. The number of nitrogens with one attached hydrogen (secondary N) is 2. The minimum absolute atomic E-state index is 0. The molecule has 1 atom stereocenters. The quantitative estimate of drug-likeness (QED) is 0.317. The van der Waals surface area contributed by atoms with Crippen LogP contribution in [0.2, 0.25) is 0 Å². The van der Waals surface area contributed by atoms with Crippen LogP contribution in [0.3, 0.4) is 0 Å². The molecule has 2 aliphatic rings. The maximum Gasteiger partial charge on any atom is 0.191 e. The molecule has 2 N–H and O–H groups in total. The molecule has 0 spiro atoms. The molecule has 1 aromatic rings. The molecular weight excluding hydrogens is 477 g/mol. The third-order valence-corrected chi connectivity index (χ3v) is 5.60. The predicted molar refractivity (Wildman–Crippen MR) is 131 cm³/mol. The first kappa shape index (κ1) is 24.4. The van der Waals surface area contributed by atoms with Crippen molar-refractivity contribution in [1.82, 2.24) is 20.4 Å². The molecule has 0 amide bonds. The molecule has 0 aromatic heterocycles. The topological polar surface area (TPSA) is 52.1 Å². The van der Waals surface area contributed by atoms with E-state index in [0.29, 0.717) is 5.92 Å². The largest absolute Gasteiger partial charge is 0.379 e. The van der Waals surface area contributed by atoms with E-state index in [9.17, 15) is 0 Å². The molecule has 2 fully saturated rings. The molecule has 1 unspecified atom stereocenters. The number of hydrogen-bond donors (Lipinski definition) is 2. The van der Waals surface area contributed by atoms with Gasteiger partial charge in [-0.15, -0.1) is 24.0 Å². The summed E-state index contributed by atoms with van der Waals surface area (Å²) >= 11 is 0. The fourth-order valence-corrected chi connectivity index (χ4v) is 3.93. The highest BCUT2D eigenvalue weighted by Crippen LogP contribution is 2.13.